The highest BCUT2D eigenvalue weighted by Crippen LogP contribution is 2.28. The second kappa shape index (κ2) is 7.00. The van der Waals surface area contributed by atoms with Crippen molar-refractivity contribution in [1.29, 1.82) is 0 Å². The molecule has 0 aliphatic heterocycles. The van der Waals surface area contributed by atoms with E-state index < -0.39 is 0 Å². The fraction of sp³-hybridized carbons (Fsp3) is 0.471. The number of aryl methyl sites for hydroxylation is 2. The topological polar surface area (TPSA) is 24.9 Å². The van der Waals surface area contributed by atoms with Crippen LogP contribution in [0.2, 0.25) is 0 Å². The third kappa shape index (κ3) is 3.68. The minimum absolute atomic E-state index is 0.559. The molecule has 1 aromatic heterocycles. The van der Waals surface area contributed by atoms with Crippen LogP contribution < -0.4 is 5.32 Å². The Morgan fingerprint density at radius 1 is 1.20 bits per heavy atom. The molecule has 0 amide bonds. The van der Waals surface area contributed by atoms with Gasteiger partial charge in [0.05, 0.1) is 5.69 Å². The summed E-state index contributed by atoms with van der Waals surface area (Å²) in [6.07, 6.45) is 2.24. The van der Waals surface area contributed by atoms with Crippen LogP contribution in [0.15, 0.2) is 24.3 Å². The molecule has 2 aromatic rings. The summed E-state index contributed by atoms with van der Waals surface area (Å²) in [6, 6.07) is 9.32. The second-order valence-electron chi connectivity index (χ2n) is 5.27. The average Bonchev–Trinajstić information content (AvgIpc) is 2.86. The van der Waals surface area contributed by atoms with Crippen LogP contribution in [0.4, 0.5) is 0 Å². The SMILES string of the molecule is CCc1ccc(-c2nc(C)c(CNC(C)CC)s2)cc1. The van der Waals surface area contributed by atoms with Crippen molar-refractivity contribution in [2.45, 2.75) is 53.1 Å². The van der Waals surface area contributed by atoms with E-state index in [0.717, 1.165) is 30.1 Å². The molecule has 108 valence electrons. The van der Waals surface area contributed by atoms with Crippen LogP contribution in [-0.2, 0) is 13.0 Å². The van der Waals surface area contributed by atoms with Gasteiger partial charge in [-0.3, -0.25) is 0 Å². The lowest BCUT2D eigenvalue weighted by atomic mass is 10.1. The third-order valence-electron chi connectivity index (χ3n) is 3.73. The van der Waals surface area contributed by atoms with Gasteiger partial charge in [-0.15, -0.1) is 11.3 Å². The van der Waals surface area contributed by atoms with Crippen molar-refractivity contribution in [3.05, 3.63) is 40.4 Å². The quantitative estimate of drug-likeness (QED) is 0.842. The van der Waals surface area contributed by atoms with Crippen molar-refractivity contribution in [3.63, 3.8) is 0 Å². The van der Waals surface area contributed by atoms with Gasteiger partial charge in [0.15, 0.2) is 0 Å². The minimum atomic E-state index is 0.559. The van der Waals surface area contributed by atoms with Crippen LogP contribution in [0.3, 0.4) is 0 Å². The molecule has 0 aliphatic carbocycles. The van der Waals surface area contributed by atoms with Crippen molar-refractivity contribution in [2.75, 3.05) is 0 Å². The Hall–Kier alpha value is -1.19. The Kier molecular flexibility index (Phi) is 5.32. The predicted octanol–water partition coefficient (Wildman–Crippen LogP) is 4.57. The number of aromatic nitrogens is 1. The molecule has 2 rings (SSSR count). The standard InChI is InChI=1S/C17H24N2S/c1-5-12(3)18-11-16-13(4)19-17(20-16)15-9-7-14(6-2)8-10-15/h7-10,12,18H,5-6,11H2,1-4H3. The first-order valence-electron chi connectivity index (χ1n) is 7.43. The van der Waals surface area contributed by atoms with Crippen LogP contribution in [0.25, 0.3) is 10.6 Å². The van der Waals surface area contributed by atoms with Crippen molar-refractivity contribution >= 4 is 11.3 Å². The Labute approximate surface area is 126 Å². The maximum Gasteiger partial charge on any atom is 0.123 e. The molecule has 1 N–H and O–H groups in total. The molecule has 0 saturated carbocycles. The number of thiazole rings is 1. The van der Waals surface area contributed by atoms with Crippen LogP contribution in [-0.4, -0.2) is 11.0 Å². The van der Waals surface area contributed by atoms with Gasteiger partial charge in [0.1, 0.15) is 5.01 Å². The third-order valence-corrected chi connectivity index (χ3v) is 4.93. The van der Waals surface area contributed by atoms with E-state index in [1.54, 1.807) is 11.3 Å². The smallest absolute Gasteiger partial charge is 0.123 e. The molecule has 0 saturated heterocycles. The fourth-order valence-corrected chi connectivity index (χ4v) is 3.03. The highest BCUT2D eigenvalue weighted by Gasteiger charge is 2.10. The van der Waals surface area contributed by atoms with Gasteiger partial charge in [0.2, 0.25) is 0 Å². The minimum Gasteiger partial charge on any atom is -0.309 e. The van der Waals surface area contributed by atoms with E-state index in [9.17, 15) is 0 Å². The molecule has 3 heteroatoms. The lowest BCUT2D eigenvalue weighted by Gasteiger charge is -2.09. The summed E-state index contributed by atoms with van der Waals surface area (Å²) in [5.41, 5.74) is 3.76. The first kappa shape index (κ1) is 15.2. The van der Waals surface area contributed by atoms with Gasteiger partial charge >= 0.3 is 0 Å². The summed E-state index contributed by atoms with van der Waals surface area (Å²) in [7, 11) is 0. The highest BCUT2D eigenvalue weighted by atomic mass is 32.1. The number of benzene rings is 1. The van der Waals surface area contributed by atoms with Crippen LogP contribution >= 0.6 is 11.3 Å². The van der Waals surface area contributed by atoms with E-state index in [1.165, 1.54) is 16.0 Å². The summed E-state index contributed by atoms with van der Waals surface area (Å²) in [6.45, 7) is 9.64. The van der Waals surface area contributed by atoms with Crippen molar-refractivity contribution < 1.29 is 0 Å². The maximum absolute atomic E-state index is 4.72. The summed E-state index contributed by atoms with van der Waals surface area (Å²) >= 11 is 1.80. The second-order valence-corrected chi connectivity index (χ2v) is 6.35. The molecule has 1 aromatic carbocycles. The predicted molar refractivity (Wildman–Crippen MR) is 88.3 cm³/mol. The number of hydrogen-bond donors (Lipinski definition) is 1. The van der Waals surface area contributed by atoms with E-state index in [-0.39, 0.29) is 0 Å². The van der Waals surface area contributed by atoms with E-state index >= 15 is 0 Å². The van der Waals surface area contributed by atoms with Gasteiger partial charge < -0.3 is 5.32 Å². The zero-order chi connectivity index (χ0) is 14.5. The van der Waals surface area contributed by atoms with E-state index in [4.69, 9.17) is 4.98 Å². The molecular weight excluding hydrogens is 264 g/mol. The number of rotatable bonds is 6. The first-order chi connectivity index (χ1) is 9.63. The molecule has 2 nitrogen and oxygen atoms in total. The molecular formula is C17H24N2S. The largest absolute Gasteiger partial charge is 0.309 e. The van der Waals surface area contributed by atoms with E-state index in [0.29, 0.717) is 6.04 Å². The molecule has 0 aliphatic rings. The Morgan fingerprint density at radius 2 is 1.90 bits per heavy atom. The van der Waals surface area contributed by atoms with Gasteiger partial charge in [-0.05, 0) is 32.3 Å². The monoisotopic (exact) mass is 288 g/mol. The molecule has 0 radical (unpaired) electrons. The summed E-state index contributed by atoms with van der Waals surface area (Å²) in [5, 5.41) is 4.67. The van der Waals surface area contributed by atoms with Crippen LogP contribution in [0.1, 0.15) is 43.3 Å². The highest BCUT2D eigenvalue weighted by molar-refractivity contribution is 7.15. The lowest BCUT2D eigenvalue weighted by Crippen LogP contribution is -2.24. The lowest BCUT2D eigenvalue weighted by molar-refractivity contribution is 0.536. The molecule has 1 unspecified atom stereocenters. The van der Waals surface area contributed by atoms with Crippen molar-refractivity contribution in [1.82, 2.24) is 10.3 Å². The summed E-state index contributed by atoms with van der Waals surface area (Å²) in [4.78, 5) is 6.07. The van der Waals surface area contributed by atoms with Crippen molar-refractivity contribution in [3.8, 4) is 10.6 Å². The Morgan fingerprint density at radius 3 is 2.50 bits per heavy atom. The average molecular weight is 288 g/mol. The summed E-state index contributed by atoms with van der Waals surface area (Å²) in [5.74, 6) is 0. The molecule has 1 atom stereocenters. The van der Waals surface area contributed by atoms with Gasteiger partial charge in [-0.1, -0.05) is 38.1 Å². The Balaban J connectivity index is 2.13. The van der Waals surface area contributed by atoms with Gasteiger partial charge in [0, 0.05) is 23.0 Å². The first-order valence-corrected chi connectivity index (χ1v) is 8.24. The van der Waals surface area contributed by atoms with Crippen molar-refractivity contribution in [2.24, 2.45) is 0 Å². The molecule has 20 heavy (non-hydrogen) atoms. The molecule has 1 heterocycles. The fourth-order valence-electron chi connectivity index (χ4n) is 2.01. The number of nitrogens with one attached hydrogen (secondary N) is 1. The number of hydrogen-bond acceptors (Lipinski definition) is 3. The Bertz CT molecular complexity index is 543. The molecule has 0 spiro atoms. The van der Waals surface area contributed by atoms with Gasteiger partial charge in [-0.25, -0.2) is 4.98 Å². The zero-order valence-corrected chi connectivity index (χ0v) is 13.7. The van der Waals surface area contributed by atoms with Gasteiger partial charge in [-0.2, -0.15) is 0 Å². The summed E-state index contributed by atoms with van der Waals surface area (Å²) < 4.78 is 0. The van der Waals surface area contributed by atoms with Gasteiger partial charge in [0.25, 0.3) is 0 Å². The van der Waals surface area contributed by atoms with Crippen LogP contribution in [0, 0.1) is 6.92 Å². The van der Waals surface area contributed by atoms with E-state index in [1.807, 2.05) is 0 Å². The van der Waals surface area contributed by atoms with E-state index in [2.05, 4.69) is 57.3 Å². The van der Waals surface area contributed by atoms with Crippen LogP contribution in [0.5, 0.6) is 0 Å². The zero-order valence-electron chi connectivity index (χ0n) is 12.9. The molecule has 0 fully saturated rings. The number of nitrogens with zero attached hydrogens (tertiary/aromatic N) is 1. The normalized spacial score (nSPS) is 12.6. The maximum atomic E-state index is 4.72. The molecule has 0 bridgehead atoms.